The lowest BCUT2D eigenvalue weighted by Crippen LogP contribution is -2.55. The Hall–Kier alpha value is -2.43. The molecule has 0 aromatic rings. The standard InChI is InChI=1S/C29H51N3O.C11H19N.C3H8.C2H6/c1-19(2)25(16-12-21(5)11-13-24-14-15-24)30-23(7)31-27(29(8,9)10)28(33)32-18-22(6)17-26(32)20(3)4;1-8(9(2)10(3)12)7-11-5-4-6-11;1-3-2;1-2/h19,22,24-27,30-31H,3,5,7,11-18H2,1-2,4,6,8-10H3;8,11H,2-7,12H2,1H3;3H2,1-2H3;1-2H3/t22-,25?,26?,27?;;;/m1.../s1. The molecule has 1 aliphatic heterocycles. The number of carbonyl (C=O) groups is 1. The molecule has 0 bridgehead atoms. The van der Waals surface area contributed by atoms with Crippen molar-refractivity contribution in [3.05, 3.63) is 61.1 Å². The molecule has 0 radical (unpaired) electrons. The first-order valence-corrected chi connectivity index (χ1v) is 20.3. The van der Waals surface area contributed by atoms with E-state index in [4.69, 9.17) is 5.73 Å². The van der Waals surface area contributed by atoms with Gasteiger partial charge in [0.2, 0.25) is 5.91 Å². The van der Waals surface area contributed by atoms with Crippen LogP contribution in [-0.4, -0.2) is 35.5 Å². The molecule has 0 aromatic carbocycles. The van der Waals surface area contributed by atoms with Crippen molar-refractivity contribution in [2.75, 3.05) is 6.54 Å². The van der Waals surface area contributed by atoms with Gasteiger partial charge >= 0.3 is 0 Å². The molecular formula is C45H84N4O. The maximum atomic E-state index is 13.7. The molecule has 4 N–H and O–H groups in total. The Bertz CT molecular complexity index is 1060. The van der Waals surface area contributed by atoms with Crippen molar-refractivity contribution >= 4 is 5.91 Å². The van der Waals surface area contributed by atoms with E-state index in [2.05, 4.69) is 106 Å². The van der Waals surface area contributed by atoms with Gasteiger partial charge in [-0.3, -0.25) is 4.79 Å². The van der Waals surface area contributed by atoms with Crippen molar-refractivity contribution in [2.45, 2.75) is 178 Å². The maximum absolute atomic E-state index is 13.7. The van der Waals surface area contributed by atoms with Gasteiger partial charge in [-0.15, -0.1) is 0 Å². The van der Waals surface area contributed by atoms with E-state index in [1.165, 1.54) is 56.9 Å². The molecule has 1 saturated heterocycles. The fraction of sp³-hybridized carbons (Fsp3) is 0.756. The van der Waals surface area contributed by atoms with Gasteiger partial charge in [-0.25, -0.2) is 0 Å². The molecule has 4 unspecified atom stereocenters. The van der Waals surface area contributed by atoms with Crippen molar-refractivity contribution in [1.29, 1.82) is 0 Å². The zero-order valence-electron chi connectivity index (χ0n) is 35.3. The third-order valence-corrected chi connectivity index (χ3v) is 10.3. The summed E-state index contributed by atoms with van der Waals surface area (Å²) in [4.78, 5) is 15.7. The van der Waals surface area contributed by atoms with E-state index in [-0.39, 0.29) is 23.4 Å². The second kappa shape index (κ2) is 23.9. The summed E-state index contributed by atoms with van der Waals surface area (Å²) >= 11 is 0. The molecule has 290 valence electrons. The van der Waals surface area contributed by atoms with Crippen molar-refractivity contribution in [3.8, 4) is 0 Å². The fourth-order valence-electron chi connectivity index (χ4n) is 6.57. The average Bonchev–Trinajstić information content (AvgIpc) is 3.77. The molecule has 3 aliphatic rings. The number of amides is 1. The van der Waals surface area contributed by atoms with E-state index in [1.807, 2.05) is 25.7 Å². The van der Waals surface area contributed by atoms with Gasteiger partial charge in [0, 0.05) is 18.3 Å². The van der Waals surface area contributed by atoms with Crippen LogP contribution in [0.1, 0.15) is 160 Å². The van der Waals surface area contributed by atoms with Crippen LogP contribution in [-0.2, 0) is 4.79 Å². The summed E-state index contributed by atoms with van der Waals surface area (Å²) in [7, 11) is 0. The summed E-state index contributed by atoms with van der Waals surface area (Å²) < 4.78 is 0. The van der Waals surface area contributed by atoms with Gasteiger partial charge in [0.25, 0.3) is 0 Å². The van der Waals surface area contributed by atoms with Gasteiger partial charge in [-0.2, -0.15) is 0 Å². The molecule has 1 heterocycles. The van der Waals surface area contributed by atoms with Crippen LogP contribution in [0.5, 0.6) is 0 Å². The Balaban J connectivity index is 0.00000117. The van der Waals surface area contributed by atoms with Crippen LogP contribution in [0.4, 0.5) is 0 Å². The summed E-state index contributed by atoms with van der Waals surface area (Å²) in [5, 5.41) is 7.09. The number of allylic oxidation sites excluding steroid dienone is 2. The number of carbonyl (C=O) groups excluding carboxylic acids is 1. The van der Waals surface area contributed by atoms with Crippen molar-refractivity contribution in [1.82, 2.24) is 15.5 Å². The third-order valence-electron chi connectivity index (χ3n) is 10.3. The number of hydrogen-bond acceptors (Lipinski definition) is 4. The molecule has 3 fully saturated rings. The molecule has 0 spiro atoms. The Morgan fingerprint density at radius 1 is 0.920 bits per heavy atom. The van der Waals surface area contributed by atoms with E-state index in [9.17, 15) is 4.79 Å². The topological polar surface area (TPSA) is 70.4 Å². The second-order valence-electron chi connectivity index (χ2n) is 17.1. The predicted molar refractivity (Wildman–Crippen MR) is 223 cm³/mol. The molecule has 2 saturated carbocycles. The lowest BCUT2D eigenvalue weighted by atomic mass is 9.77. The minimum atomic E-state index is -0.342. The van der Waals surface area contributed by atoms with E-state index in [0.717, 1.165) is 61.0 Å². The van der Waals surface area contributed by atoms with Crippen LogP contribution < -0.4 is 16.4 Å². The van der Waals surface area contributed by atoms with Gasteiger partial charge in [-0.05, 0) is 86.0 Å². The normalized spacial score (nSPS) is 20.2. The highest BCUT2D eigenvalue weighted by molar-refractivity contribution is 5.84. The van der Waals surface area contributed by atoms with Gasteiger partial charge in [0.15, 0.2) is 0 Å². The monoisotopic (exact) mass is 697 g/mol. The Labute approximate surface area is 312 Å². The molecule has 5 heteroatoms. The van der Waals surface area contributed by atoms with E-state index in [0.29, 0.717) is 29.5 Å². The smallest absolute Gasteiger partial charge is 0.246 e. The molecule has 0 aromatic heterocycles. The SMILES string of the molecule is C=C(CCC1CC1)CCC(NC(=C)NC(C(=O)N1C[C@H](C)CC1C(=C)C)C(C)(C)C)C(C)C.C=C(N)C(=C)C(C)CC1CCC1.CC.CCC. The van der Waals surface area contributed by atoms with Gasteiger partial charge < -0.3 is 21.3 Å². The van der Waals surface area contributed by atoms with Crippen LogP contribution >= 0.6 is 0 Å². The first-order valence-electron chi connectivity index (χ1n) is 20.3. The quantitative estimate of drug-likeness (QED) is 0.105. The zero-order valence-corrected chi connectivity index (χ0v) is 35.3. The van der Waals surface area contributed by atoms with Gasteiger partial charge in [-0.1, -0.05) is 159 Å². The highest BCUT2D eigenvalue weighted by Crippen LogP contribution is 2.36. The molecular weight excluding hydrogens is 613 g/mol. The number of rotatable bonds is 17. The predicted octanol–water partition coefficient (Wildman–Crippen LogP) is 11.7. The summed E-state index contributed by atoms with van der Waals surface area (Å²) in [5.74, 6) is 4.26. The van der Waals surface area contributed by atoms with E-state index < -0.39 is 0 Å². The minimum Gasteiger partial charge on any atom is -0.399 e. The first-order chi connectivity index (χ1) is 23.3. The highest BCUT2D eigenvalue weighted by Gasteiger charge is 2.41. The fourth-order valence-corrected chi connectivity index (χ4v) is 6.57. The number of nitrogens with two attached hydrogens (primary N) is 1. The van der Waals surface area contributed by atoms with Crippen LogP contribution in [0.2, 0.25) is 0 Å². The Kier molecular flexibility index (Phi) is 22.8. The Morgan fingerprint density at radius 3 is 1.90 bits per heavy atom. The minimum absolute atomic E-state index is 0.130. The number of nitrogens with one attached hydrogen (secondary N) is 2. The lowest BCUT2D eigenvalue weighted by Gasteiger charge is -2.38. The summed E-state index contributed by atoms with van der Waals surface area (Å²) in [6, 6.07) is 0.0878. The molecule has 1 amide bonds. The Morgan fingerprint density at radius 2 is 1.48 bits per heavy atom. The van der Waals surface area contributed by atoms with Gasteiger partial charge in [0.1, 0.15) is 6.04 Å². The van der Waals surface area contributed by atoms with Crippen LogP contribution in [0, 0.1) is 35.0 Å². The van der Waals surface area contributed by atoms with Crippen LogP contribution in [0.15, 0.2) is 61.1 Å². The van der Waals surface area contributed by atoms with Crippen LogP contribution in [0.3, 0.4) is 0 Å². The second-order valence-corrected chi connectivity index (χ2v) is 17.1. The number of hydrogen-bond donors (Lipinski definition) is 3. The first kappa shape index (κ1) is 47.6. The van der Waals surface area contributed by atoms with Crippen LogP contribution in [0.25, 0.3) is 0 Å². The molecule has 3 rings (SSSR count). The maximum Gasteiger partial charge on any atom is 0.246 e. The van der Waals surface area contributed by atoms with Crippen molar-refractivity contribution < 1.29 is 4.79 Å². The van der Waals surface area contributed by atoms with E-state index in [1.54, 1.807) is 0 Å². The van der Waals surface area contributed by atoms with Gasteiger partial charge in [0.05, 0.1) is 11.9 Å². The molecule has 2 aliphatic carbocycles. The summed E-state index contributed by atoms with van der Waals surface area (Å²) in [6.07, 6.45) is 15.1. The highest BCUT2D eigenvalue weighted by atomic mass is 16.2. The van der Waals surface area contributed by atoms with E-state index >= 15 is 0 Å². The summed E-state index contributed by atoms with van der Waals surface area (Å²) in [6.45, 7) is 46.7. The number of likely N-dealkylation sites (tertiary alicyclic amines) is 1. The molecule has 5 atom stereocenters. The molecule has 5 nitrogen and oxygen atoms in total. The van der Waals surface area contributed by atoms with Crippen molar-refractivity contribution in [3.63, 3.8) is 0 Å². The zero-order chi connectivity index (χ0) is 38.8. The lowest BCUT2D eigenvalue weighted by molar-refractivity contribution is -0.136. The number of nitrogens with zero attached hydrogens (tertiary/aromatic N) is 1. The molecule has 50 heavy (non-hydrogen) atoms. The average molecular weight is 697 g/mol. The van der Waals surface area contributed by atoms with Crippen molar-refractivity contribution in [2.24, 2.45) is 40.7 Å². The third kappa shape index (κ3) is 18.2. The largest absolute Gasteiger partial charge is 0.399 e. The summed E-state index contributed by atoms with van der Waals surface area (Å²) in [5.41, 5.74) is 9.46.